The first-order chi connectivity index (χ1) is 16.3. The highest BCUT2D eigenvalue weighted by molar-refractivity contribution is 5.96. The van der Waals surface area contributed by atoms with Crippen molar-refractivity contribution in [1.82, 2.24) is 5.32 Å². The minimum atomic E-state index is -4.53. The molecule has 1 rings (SSSR count). The lowest BCUT2D eigenvalue weighted by Crippen LogP contribution is -2.39. The molecule has 0 saturated carbocycles. The predicted octanol–water partition coefficient (Wildman–Crippen LogP) is 7.85. The number of benzene rings is 1. The van der Waals surface area contributed by atoms with Gasteiger partial charge in [0.15, 0.2) is 0 Å². The zero-order valence-corrected chi connectivity index (χ0v) is 20.9. The van der Waals surface area contributed by atoms with Crippen LogP contribution in [0.4, 0.5) is 13.2 Å². The Morgan fingerprint density at radius 2 is 1.35 bits per heavy atom. The molecule has 0 bridgehead atoms. The van der Waals surface area contributed by atoms with Crippen LogP contribution in [0.15, 0.2) is 24.3 Å². The third-order valence-electron chi connectivity index (χ3n) is 5.90. The second-order valence-corrected chi connectivity index (χ2v) is 9.04. The maximum absolute atomic E-state index is 12.8. The van der Waals surface area contributed by atoms with E-state index in [1.807, 2.05) is 0 Å². The molecule has 34 heavy (non-hydrogen) atoms. The fourth-order valence-electron chi connectivity index (χ4n) is 3.77. The number of hydrogen-bond acceptors (Lipinski definition) is 3. The van der Waals surface area contributed by atoms with Crippen molar-refractivity contribution >= 4 is 11.9 Å². The van der Waals surface area contributed by atoms with E-state index in [4.69, 9.17) is 4.74 Å². The Morgan fingerprint density at radius 1 is 0.853 bits per heavy atom. The minimum absolute atomic E-state index is 0.151. The Hall–Kier alpha value is -2.05. The van der Waals surface area contributed by atoms with E-state index < -0.39 is 29.7 Å². The van der Waals surface area contributed by atoms with Gasteiger partial charge in [-0.15, -0.1) is 0 Å². The summed E-state index contributed by atoms with van der Waals surface area (Å²) >= 11 is 0. The second kappa shape index (κ2) is 17.4. The number of carbonyl (C=O) groups excluding carboxylic acids is 2. The molecule has 0 aromatic heterocycles. The quantitative estimate of drug-likeness (QED) is 0.170. The first-order valence-electron chi connectivity index (χ1n) is 12.9. The molecule has 7 heteroatoms. The third kappa shape index (κ3) is 13.6. The molecule has 1 aromatic carbocycles. The molecule has 0 radical (unpaired) electrons. The van der Waals surface area contributed by atoms with Gasteiger partial charge in [-0.25, -0.2) is 4.79 Å². The summed E-state index contributed by atoms with van der Waals surface area (Å²) < 4.78 is 43.6. The van der Waals surface area contributed by atoms with E-state index in [0.29, 0.717) is 0 Å². The molecule has 4 nitrogen and oxygen atoms in total. The third-order valence-corrected chi connectivity index (χ3v) is 5.90. The van der Waals surface area contributed by atoms with Gasteiger partial charge in [-0.2, -0.15) is 13.2 Å². The number of carbonyl (C=O) groups is 2. The van der Waals surface area contributed by atoms with E-state index in [1.165, 1.54) is 83.6 Å². The number of unbranched alkanes of at least 4 members (excludes halogenated alkanes) is 13. The van der Waals surface area contributed by atoms with Crippen molar-refractivity contribution in [3.05, 3.63) is 35.4 Å². The number of rotatable bonds is 18. The molecule has 1 atom stereocenters. The molecule has 194 valence electrons. The summed E-state index contributed by atoms with van der Waals surface area (Å²) in [7, 11) is 0. The van der Waals surface area contributed by atoms with Crippen LogP contribution < -0.4 is 5.32 Å². The maximum atomic E-state index is 12.8. The number of amides is 1. The lowest BCUT2D eigenvalue weighted by molar-refractivity contribution is -0.145. The Bertz CT molecular complexity index is 707. The van der Waals surface area contributed by atoms with Gasteiger partial charge in [0.05, 0.1) is 12.2 Å². The average Bonchev–Trinajstić information content (AvgIpc) is 2.80. The van der Waals surface area contributed by atoms with E-state index in [9.17, 15) is 22.8 Å². The summed E-state index contributed by atoms with van der Waals surface area (Å²) in [6.07, 6.45) is 12.8. The fourth-order valence-corrected chi connectivity index (χ4v) is 3.77. The Labute approximate surface area is 203 Å². The number of ether oxygens (including phenoxy) is 1. The van der Waals surface area contributed by atoms with Crippen LogP contribution in [0.5, 0.6) is 0 Å². The van der Waals surface area contributed by atoms with Crippen LogP contribution in [0, 0.1) is 0 Å². The van der Waals surface area contributed by atoms with Crippen molar-refractivity contribution in [3.8, 4) is 0 Å². The topological polar surface area (TPSA) is 55.4 Å². The van der Waals surface area contributed by atoms with Gasteiger partial charge in [0.2, 0.25) is 0 Å². The summed E-state index contributed by atoms with van der Waals surface area (Å²) in [5.74, 6) is -1.33. The van der Waals surface area contributed by atoms with E-state index in [1.54, 1.807) is 0 Å². The predicted molar refractivity (Wildman–Crippen MR) is 130 cm³/mol. The zero-order chi connectivity index (χ0) is 25.2. The van der Waals surface area contributed by atoms with E-state index in [0.717, 1.165) is 37.5 Å². The molecule has 0 unspecified atom stereocenters. The number of esters is 1. The van der Waals surface area contributed by atoms with Gasteiger partial charge in [-0.05, 0) is 31.5 Å². The molecule has 1 aromatic rings. The van der Waals surface area contributed by atoms with Gasteiger partial charge in [0, 0.05) is 5.56 Å². The summed E-state index contributed by atoms with van der Waals surface area (Å²) in [6, 6.07) is 3.16. The highest BCUT2D eigenvalue weighted by Crippen LogP contribution is 2.29. The number of alkyl halides is 3. The van der Waals surface area contributed by atoms with Crippen molar-refractivity contribution in [1.29, 1.82) is 0 Å². The van der Waals surface area contributed by atoms with Gasteiger partial charge in [-0.1, -0.05) is 96.5 Å². The summed E-state index contributed by atoms with van der Waals surface area (Å²) in [6.45, 7) is 3.98. The Morgan fingerprint density at radius 3 is 1.85 bits per heavy atom. The van der Waals surface area contributed by atoms with Crippen LogP contribution in [0.2, 0.25) is 0 Å². The van der Waals surface area contributed by atoms with Gasteiger partial charge < -0.3 is 10.1 Å². The smallest absolute Gasteiger partial charge is 0.416 e. The van der Waals surface area contributed by atoms with Crippen LogP contribution in [0.1, 0.15) is 120 Å². The Kier molecular flexibility index (Phi) is 15.3. The summed E-state index contributed by atoms with van der Waals surface area (Å²) in [5.41, 5.74) is -1.06. The molecule has 0 saturated heterocycles. The minimum Gasteiger partial charge on any atom is -0.464 e. The zero-order valence-electron chi connectivity index (χ0n) is 20.9. The first-order valence-corrected chi connectivity index (χ1v) is 12.9. The molecule has 0 aliphatic heterocycles. The van der Waals surface area contributed by atoms with Crippen LogP contribution in [-0.4, -0.2) is 24.5 Å². The molecule has 0 spiro atoms. The lowest BCUT2D eigenvalue weighted by atomic mass is 10.0. The molecule has 1 amide bonds. The van der Waals surface area contributed by atoms with Crippen LogP contribution in [0.25, 0.3) is 0 Å². The number of nitrogens with one attached hydrogen (secondary N) is 1. The van der Waals surface area contributed by atoms with Crippen LogP contribution in [-0.2, 0) is 15.7 Å². The number of hydrogen-bond donors (Lipinski definition) is 1. The van der Waals surface area contributed by atoms with Crippen molar-refractivity contribution in [2.24, 2.45) is 0 Å². The SMILES string of the molecule is CCCCCCCCCCCCCCCCOC(=O)[C@H](C)NC(=O)c1cccc(C(F)(F)F)c1. The van der Waals surface area contributed by atoms with Gasteiger partial charge >= 0.3 is 12.1 Å². The van der Waals surface area contributed by atoms with Crippen LogP contribution >= 0.6 is 0 Å². The van der Waals surface area contributed by atoms with Crippen molar-refractivity contribution in [2.75, 3.05) is 6.61 Å². The molecule has 0 heterocycles. The largest absolute Gasteiger partial charge is 0.464 e. The lowest BCUT2D eigenvalue weighted by Gasteiger charge is -2.14. The van der Waals surface area contributed by atoms with E-state index in [-0.39, 0.29) is 12.2 Å². The molecule has 0 aliphatic carbocycles. The van der Waals surface area contributed by atoms with Gasteiger partial charge in [0.1, 0.15) is 6.04 Å². The number of halogens is 3. The second-order valence-electron chi connectivity index (χ2n) is 9.04. The van der Waals surface area contributed by atoms with Crippen LogP contribution in [0.3, 0.4) is 0 Å². The first kappa shape index (κ1) is 30.0. The molecule has 0 aliphatic rings. The molecular formula is C27H42F3NO3. The van der Waals surface area contributed by atoms with Gasteiger partial charge in [-0.3, -0.25) is 4.79 Å². The molecular weight excluding hydrogens is 443 g/mol. The standard InChI is InChI=1S/C27H42F3NO3/c1-3-4-5-6-7-8-9-10-11-12-13-14-15-16-20-34-26(33)22(2)31-25(32)23-18-17-19-24(21-23)27(28,29)30/h17-19,21-22H,3-16,20H2,1-2H3,(H,31,32)/t22-/m0/s1. The van der Waals surface area contributed by atoms with E-state index >= 15 is 0 Å². The van der Waals surface area contributed by atoms with Crippen molar-refractivity contribution < 1.29 is 27.5 Å². The highest BCUT2D eigenvalue weighted by Gasteiger charge is 2.31. The monoisotopic (exact) mass is 485 g/mol. The van der Waals surface area contributed by atoms with Crippen molar-refractivity contribution in [2.45, 2.75) is 116 Å². The summed E-state index contributed by atoms with van der Waals surface area (Å²) in [5, 5.41) is 2.40. The van der Waals surface area contributed by atoms with E-state index in [2.05, 4.69) is 12.2 Å². The average molecular weight is 486 g/mol. The maximum Gasteiger partial charge on any atom is 0.416 e. The summed E-state index contributed by atoms with van der Waals surface area (Å²) in [4.78, 5) is 24.2. The highest BCUT2D eigenvalue weighted by atomic mass is 19.4. The normalized spacial score (nSPS) is 12.4. The Balaban J connectivity index is 2.06. The fraction of sp³-hybridized carbons (Fsp3) is 0.704. The van der Waals surface area contributed by atoms with Crippen molar-refractivity contribution in [3.63, 3.8) is 0 Å². The van der Waals surface area contributed by atoms with Gasteiger partial charge in [0.25, 0.3) is 5.91 Å². The molecule has 1 N–H and O–H groups in total. The molecule has 0 fully saturated rings.